The fourth-order valence-electron chi connectivity index (χ4n) is 3.53. The Balaban J connectivity index is 1.52. The number of thioether (sulfide) groups is 1. The Bertz CT molecular complexity index is 1070. The molecule has 4 rings (SSSR count). The second-order valence-corrected chi connectivity index (χ2v) is 8.09. The number of benzene rings is 2. The van der Waals surface area contributed by atoms with Crippen LogP contribution in [0.3, 0.4) is 0 Å². The third-order valence-electron chi connectivity index (χ3n) is 5.09. The summed E-state index contributed by atoms with van der Waals surface area (Å²) in [6.07, 6.45) is 0. The molecule has 0 spiro atoms. The lowest BCUT2D eigenvalue weighted by Crippen LogP contribution is -2.28. The van der Waals surface area contributed by atoms with Gasteiger partial charge in [-0.1, -0.05) is 24.3 Å². The molecule has 8 heteroatoms. The quantitative estimate of drug-likeness (QED) is 0.492. The number of hydrogen-bond donors (Lipinski definition) is 0. The minimum absolute atomic E-state index is 0.0777. The summed E-state index contributed by atoms with van der Waals surface area (Å²) in [6, 6.07) is 18.6. The van der Waals surface area contributed by atoms with Gasteiger partial charge in [0.15, 0.2) is 0 Å². The summed E-state index contributed by atoms with van der Waals surface area (Å²) in [5, 5.41) is -0.189. The highest BCUT2D eigenvalue weighted by atomic mass is 32.2. The van der Waals surface area contributed by atoms with Crippen molar-refractivity contribution in [2.45, 2.75) is 11.9 Å². The van der Waals surface area contributed by atoms with Crippen LogP contribution >= 0.6 is 11.8 Å². The molecule has 0 N–H and O–H groups in total. The molecule has 1 unspecified atom stereocenters. The fraction of sp³-hybridized carbons (Fsp3) is 0.250. The van der Waals surface area contributed by atoms with Crippen LogP contribution < -0.4 is 18.9 Å². The van der Waals surface area contributed by atoms with Crippen LogP contribution in [0.2, 0.25) is 0 Å². The van der Waals surface area contributed by atoms with E-state index in [0.29, 0.717) is 41.3 Å². The molecule has 2 heterocycles. The zero-order valence-electron chi connectivity index (χ0n) is 18.1. The Morgan fingerprint density at radius 1 is 0.906 bits per heavy atom. The standard InChI is InChI=1S/C24H24N2O5S/c1-28-18-6-4-7-19(29-2)23(18)24-26(22(27)15-32-24)14-16-10-12-17(13-11-16)31-21-9-5-8-20(25-21)30-3/h4-13,24H,14-15H2,1-3H3. The summed E-state index contributed by atoms with van der Waals surface area (Å²) < 4.78 is 22.1. The molecule has 1 fully saturated rings. The van der Waals surface area contributed by atoms with E-state index >= 15 is 0 Å². The van der Waals surface area contributed by atoms with Gasteiger partial charge < -0.3 is 23.8 Å². The summed E-state index contributed by atoms with van der Waals surface area (Å²) in [6.45, 7) is 0.468. The van der Waals surface area contributed by atoms with Gasteiger partial charge >= 0.3 is 0 Å². The highest BCUT2D eigenvalue weighted by molar-refractivity contribution is 8.00. The number of carbonyl (C=O) groups excluding carboxylic acids is 1. The number of aromatic nitrogens is 1. The fourth-order valence-corrected chi connectivity index (χ4v) is 4.77. The van der Waals surface area contributed by atoms with Crippen molar-refractivity contribution in [1.82, 2.24) is 9.88 Å². The molecule has 1 amide bonds. The van der Waals surface area contributed by atoms with E-state index in [-0.39, 0.29) is 11.3 Å². The van der Waals surface area contributed by atoms with Crippen molar-refractivity contribution in [3.05, 3.63) is 71.8 Å². The molecule has 1 aliphatic heterocycles. The Morgan fingerprint density at radius 2 is 1.56 bits per heavy atom. The topological polar surface area (TPSA) is 70.1 Å². The molecular weight excluding hydrogens is 428 g/mol. The smallest absolute Gasteiger partial charge is 0.234 e. The van der Waals surface area contributed by atoms with Gasteiger partial charge in [0.05, 0.1) is 32.6 Å². The molecule has 7 nitrogen and oxygen atoms in total. The highest BCUT2D eigenvalue weighted by Gasteiger charge is 2.36. The van der Waals surface area contributed by atoms with Gasteiger partial charge in [0.2, 0.25) is 17.7 Å². The highest BCUT2D eigenvalue weighted by Crippen LogP contribution is 2.47. The summed E-state index contributed by atoms with van der Waals surface area (Å²) in [5.41, 5.74) is 1.86. The number of amides is 1. The van der Waals surface area contributed by atoms with Crippen molar-refractivity contribution in [3.8, 4) is 29.0 Å². The van der Waals surface area contributed by atoms with Crippen LogP contribution in [0.25, 0.3) is 0 Å². The lowest BCUT2D eigenvalue weighted by molar-refractivity contribution is -0.128. The number of carbonyl (C=O) groups is 1. The van der Waals surface area contributed by atoms with Gasteiger partial charge in [0.1, 0.15) is 22.6 Å². The third-order valence-corrected chi connectivity index (χ3v) is 6.31. The van der Waals surface area contributed by atoms with Crippen molar-refractivity contribution in [1.29, 1.82) is 0 Å². The molecular formula is C24H24N2O5S. The van der Waals surface area contributed by atoms with E-state index in [1.54, 1.807) is 45.2 Å². The molecule has 1 atom stereocenters. The lowest BCUT2D eigenvalue weighted by atomic mass is 10.1. The zero-order chi connectivity index (χ0) is 22.5. The monoisotopic (exact) mass is 452 g/mol. The molecule has 2 aromatic carbocycles. The number of pyridine rings is 1. The summed E-state index contributed by atoms with van der Waals surface area (Å²) in [4.78, 5) is 18.8. The number of hydrogen-bond acceptors (Lipinski definition) is 7. The number of rotatable bonds is 8. The lowest BCUT2D eigenvalue weighted by Gasteiger charge is -2.27. The molecule has 166 valence electrons. The minimum atomic E-state index is -0.189. The molecule has 0 bridgehead atoms. The Labute approximate surface area is 191 Å². The molecule has 0 aliphatic carbocycles. The number of nitrogens with zero attached hydrogens (tertiary/aromatic N) is 2. The van der Waals surface area contributed by atoms with Crippen molar-refractivity contribution in [2.75, 3.05) is 27.1 Å². The van der Waals surface area contributed by atoms with Gasteiger partial charge in [-0.3, -0.25) is 4.79 Å². The first-order chi connectivity index (χ1) is 15.6. The van der Waals surface area contributed by atoms with Crippen molar-refractivity contribution in [2.24, 2.45) is 0 Å². The third kappa shape index (κ3) is 4.60. The van der Waals surface area contributed by atoms with Crippen LogP contribution in [-0.2, 0) is 11.3 Å². The van der Waals surface area contributed by atoms with E-state index in [1.165, 1.54) is 0 Å². The maximum atomic E-state index is 12.7. The Morgan fingerprint density at radius 3 is 2.22 bits per heavy atom. The molecule has 32 heavy (non-hydrogen) atoms. The molecule has 0 saturated carbocycles. The van der Waals surface area contributed by atoms with Crippen LogP contribution in [0.5, 0.6) is 29.0 Å². The van der Waals surface area contributed by atoms with Gasteiger partial charge in [-0.15, -0.1) is 11.8 Å². The Kier molecular flexibility index (Phi) is 6.70. The zero-order valence-corrected chi connectivity index (χ0v) is 18.9. The first-order valence-corrected chi connectivity index (χ1v) is 11.1. The van der Waals surface area contributed by atoms with Crippen molar-refractivity contribution >= 4 is 17.7 Å². The summed E-state index contributed by atoms with van der Waals surface area (Å²) >= 11 is 1.57. The van der Waals surface area contributed by atoms with E-state index in [9.17, 15) is 4.79 Å². The first kappa shape index (κ1) is 21.8. The van der Waals surface area contributed by atoms with Crippen LogP contribution in [0.4, 0.5) is 0 Å². The molecule has 3 aromatic rings. The van der Waals surface area contributed by atoms with E-state index < -0.39 is 0 Å². The largest absolute Gasteiger partial charge is 0.496 e. The molecule has 0 radical (unpaired) electrons. The first-order valence-electron chi connectivity index (χ1n) is 10.0. The maximum Gasteiger partial charge on any atom is 0.234 e. The van der Waals surface area contributed by atoms with Crippen LogP contribution in [-0.4, -0.2) is 42.9 Å². The van der Waals surface area contributed by atoms with E-state index in [2.05, 4.69) is 4.98 Å². The number of ether oxygens (including phenoxy) is 4. The van der Waals surface area contributed by atoms with E-state index in [4.69, 9.17) is 18.9 Å². The van der Waals surface area contributed by atoms with E-state index in [1.807, 2.05) is 53.4 Å². The van der Waals surface area contributed by atoms with Crippen molar-refractivity contribution < 1.29 is 23.7 Å². The maximum absolute atomic E-state index is 12.7. The van der Waals surface area contributed by atoms with Crippen LogP contribution in [0, 0.1) is 0 Å². The van der Waals surface area contributed by atoms with Crippen LogP contribution in [0.1, 0.15) is 16.5 Å². The normalized spacial score (nSPS) is 15.5. The van der Waals surface area contributed by atoms with Crippen molar-refractivity contribution in [3.63, 3.8) is 0 Å². The average Bonchev–Trinajstić information content (AvgIpc) is 3.19. The molecule has 1 saturated heterocycles. The van der Waals surface area contributed by atoms with Gasteiger partial charge in [-0.2, -0.15) is 4.98 Å². The number of methoxy groups -OCH3 is 3. The molecule has 1 aliphatic rings. The average molecular weight is 453 g/mol. The second-order valence-electron chi connectivity index (χ2n) is 7.03. The van der Waals surface area contributed by atoms with E-state index in [0.717, 1.165) is 11.1 Å². The predicted octanol–water partition coefficient (Wildman–Crippen LogP) is 4.67. The molecule has 1 aromatic heterocycles. The van der Waals surface area contributed by atoms with Gasteiger partial charge in [-0.05, 0) is 29.8 Å². The summed E-state index contributed by atoms with van der Waals surface area (Å²) in [7, 11) is 4.81. The van der Waals surface area contributed by atoms with Gasteiger partial charge in [0.25, 0.3) is 0 Å². The SMILES string of the molecule is COc1cccc(Oc2ccc(CN3C(=O)CSC3c3c(OC)cccc3OC)cc2)n1. The van der Waals surface area contributed by atoms with Crippen LogP contribution in [0.15, 0.2) is 60.7 Å². The summed E-state index contributed by atoms with van der Waals surface area (Å²) in [5.74, 6) is 3.49. The van der Waals surface area contributed by atoms with Gasteiger partial charge in [0, 0.05) is 18.7 Å². The minimum Gasteiger partial charge on any atom is -0.496 e. The van der Waals surface area contributed by atoms with Gasteiger partial charge in [-0.25, -0.2) is 0 Å². The Hall–Kier alpha value is -3.39. The second kappa shape index (κ2) is 9.82. The predicted molar refractivity (Wildman–Crippen MR) is 123 cm³/mol.